The third-order valence-corrected chi connectivity index (χ3v) is 2.97. The number of halogens is 1. The molecule has 1 aliphatic heterocycles. The predicted octanol–water partition coefficient (Wildman–Crippen LogP) is 3.39. The van der Waals surface area contributed by atoms with E-state index in [1.54, 1.807) is 12.1 Å². The molecule has 0 unspecified atom stereocenters. The smallest absolute Gasteiger partial charge is 0.125 e. The molecule has 0 radical (unpaired) electrons. The summed E-state index contributed by atoms with van der Waals surface area (Å²) >= 11 is 0. The van der Waals surface area contributed by atoms with Gasteiger partial charge in [-0.05, 0) is 30.3 Å². The lowest BCUT2D eigenvalue weighted by molar-refractivity contribution is 0.627. The average molecular weight is 228 g/mol. The summed E-state index contributed by atoms with van der Waals surface area (Å²) in [6.07, 6.45) is 0. The van der Waals surface area contributed by atoms with E-state index in [1.165, 1.54) is 6.07 Å². The second-order valence-electron chi connectivity index (χ2n) is 4.08. The summed E-state index contributed by atoms with van der Waals surface area (Å²) in [5.41, 5.74) is 3.10. The number of anilines is 3. The standard InChI is InChI=1S/C14H13FN2/c15-11-4-3-5-12(10-11)17-9-8-16-13-6-1-2-7-14(13)17/h1-7,10,16H,8-9H2. The van der Waals surface area contributed by atoms with Crippen LogP contribution >= 0.6 is 0 Å². The summed E-state index contributed by atoms with van der Waals surface area (Å²) in [5, 5.41) is 3.34. The highest BCUT2D eigenvalue weighted by Gasteiger charge is 2.17. The molecule has 3 rings (SSSR count). The van der Waals surface area contributed by atoms with E-state index in [0.717, 1.165) is 30.2 Å². The van der Waals surface area contributed by atoms with Gasteiger partial charge < -0.3 is 10.2 Å². The van der Waals surface area contributed by atoms with Crippen LogP contribution in [0, 0.1) is 5.82 Å². The topological polar surface area (TPSA) is 15.3 Å². The third-order valence-electron chi connectivity index (χ3n) is 2.97. The van der Waals surface area contributed by atoms with Crippen LogP contribution in [0.1, 0.15) is 0 Å². The van der Waals surface area contributed by atoms with Crippen LogP contribution < -0.4 is 10.2 Å². The fourth-order valence-electron chi connectivity index (χ4n) is 2.19. The number of hydrogen-bond acceptors (Lipinski definition) is 2. The Morgan fingerprint density at radius 3 is 2.82 bits per heavy atom. The largest absolute Gasteiger partial charge is 0.382 e. The van der Waals surface area contributed by atoms with Crippen molar-refractivity contribution in [2.45, 2.75) is 0 Å². The van der Waals surface area contributed by atoms with E-state index in [4.69, 9.17) is 0 Å². The summed E-state index contributed by atoms with van der Waals surface area (Å²) in [5.74, 6) is -0.196. The van der Waals surface area contributed by atoms with Crippen LogP contribution in [0.25, 0.3) is 0 Å². The van der Waals surface area contributed by atoms with Gasteiger partial charge in [-0.1, -0.05) is 18.2 Å². The van der Waals surface area contributed by atoms with Crippen LogP contribution in [0.4, 0.5) is 21.5 Å². The van der Waals surface area contributed by atoms with E-state index in [1.807, 2.05) is 30.3 Å². The van der Waals surface area contributed by atoms with Crippen molar-refractivity contribution in [2.24, 2.45) is 0 Å². The maximum absolute atomic E-state index is 13.3. The SMILES string of the molecule is Fc1cccc(N2CCNc3ccccc32)c1. The first-order valence-electron chi connectivity index (χ1n) is 5.70. The van der Waals surface area contributed by atoms with Crippen molar-refractivity contribution in [3.8, 4) is 0 Å². The molecule has 0 bridgehead atoms. The van der Waals surface area contributed by atoms with Gasteiger partial charge in [0.25, 0.3) is 0 Å². The van der Waals surface area contributed by atoms with E-state index in [-0.39, 0.29) is 5.82 Å². The maximum Gasteiger partial charge on any atom is 0.125 e. The number of benzene rings is 2. The molecule has 0 aliphatic carbocycles. The molecule has 2 aromatic rings. The van der Waals surface area contributed by atoms with Gasteiger partial charge in [0.1, 0.15) is 5.82 Å². The molecule has 2 aromatic carbocycles. The van der Waals surface area contributed by atoms with Gasteiger partial charge in [-0.25, -0.2) is 4.39 Å². The Balaban J connectivity index is 2.06. The first-order chi connectivity index (χ1) is 8.34. The Bertz CT molecular complexity index is 539. The minimum atomic E-state index is -0.196. The van der Waals surface area contributed by atoms with Gasteiger partial charge in [-0.15, -0.1) is 0 Å². The molecular weight excluding hydrogens is 215 g/mol. The molecule has 0 fully saturated rings. The molecule has 3 heteroatoms. The summed E-state index contributed by atoms with van der Waals surface area (Å²) < 4.78 is 13.3. The highest BCUT2D eigenvalue weighted by molar-refractivity contribution is 5.78. The lowest BCUT2D eigenvalue weighted by Crippen LogP contribution is -2.30. The average Bonchev–Trinajstić information content (AvgIpc) is 2.38. The van der Waals surface area contributed by atoms with Gasteiger partial charge in [-0.2, -0.15) is 0 Å². The quantitative estimate of drug-likeness (QED) is 0.804. The Kier molecular flexibility index (Phi) is 2.44. The maximum atomic E-state index is 13.3. The molecule has 1 heterocycles. The molecule has 86 valence electrons. The molecular formula is C14H13FN2. The number of rotatable bonds is 1. The second kappa shape index (κ2) is 4.09. The molecule has 17 heavy (non-hydrogen) atoms. The molecule has 1 N–H and O–H groups in total. The Labute approximate surface area is 99.7 Å². The van der Waals surface area contributed by atoms with Crippen molar-refractivity contribution in [1.82, 2.24) is 0 Å². The molecule has 0 spiro atoms. The van der Waals surface area contributed by atoms with Crippen LogP contribution in [0.3, 0.4) is 0 Å². The van der Waals surface area contributed by atoms with E-state index in [0.29, 0.717) is 0 Å². The fourth-order valence-corrected chi connectivity index (χ4v) is 2.19. The summed E-state index contributed by atoms with van der Waals surface area (Å²) in [7, 11) is 0. The lowest BCUT2D eigenvalue weighted by Gasteiger charge is -2.32. The van der Waals surface area contributed by atoms with E-state index in [9.17, 15) is 4.39 Å². The van der Waals surface area contributed by atoms with Gasteiger partial charge in [0.05, 0.1) is 11.4 Å². The normalized spacial score (nSPS) is 14.1. The fraction of sp³-hybridized carbons (Fsp3) is 0.143. The highest BCUT2D eigenvalue weighted by atomic mass is 19.1. The van der Waals surface area contributed by atoms with Crippen molar-refractivity contribution in [2.75, 3.05) is 23.3 Å². The molecule has 0 saturated heterocycles. The highest BCUT2D eigenvalue weighted by Crippen LogP contribution is 2.34. The van der Waals surface area contributed by atoms with Gasteiger partial charge in [-0.3, -0.25) is 0 Å². The first kappa shape index (κ1) is 10.1. The Morgan fingerprint density at radius 1 is 1.06 bits per heavy atom. The molecule has 0 atom stereocenters. The zero-order chi connectivity index (χ0) is 11.7. The van der Waals surface area contributed by atoms with Gasteiger partial charge >= 0.3 is 0 Å². The zero-order valence-corrected chi connectivity index (χ0v) is 9.36. The third kappa shape index (κ3) is 1.84. The van der Waals surface area contributed by atoms with Gasteiger partial charge in [0.15, 0.2) is 0 Å². The predicted molar refractivity (Wildman–Crippen MR) is 68.3 cm³/mol. The monoisotopic (exact) mass is 228 g/mol. The number of para-hydroxylation sites is 2. The molecule has 0 saturated carbocycles. The molecule has 0 aromatic heterocycles. The van der Waals surface area contributed by atoms with Crippen molar-refractivity contribution in [1.29, 1.82) is 0 Å². The minimum absolute atomic E-state index is 0.196. The number of nitrogens with one attached hydrogen (secondary N) is 1. The van der Waals surface area contributed by atoms with Crippen LogP contribution in [0.15, 0.2) is 48.5 Å². The van der Waals surface area contributed by atoms with Crippen LogP contribution in [-0.4, -0.2) is 13.1 Å². The van der Waals surface area contributed by atoms with E-state index < -0.39 is 0 Å². The summed E-state index contributed by atoms with van der Waals surface area (Å²) in [6.45, 7) is 1.72. The zero-order valence-electron chi connectivity index (χ0n) is 9.36. The van der Waals surface area contributed by atoms with E-state index >= 15 is 0 Å². The van der Waals surface area contributed by atoms with E-state index in [2.05, 4.69) is 10.2 Å². The minimum Gasteiger partial charge on any atom is -0.382 e. The first-order valence-corrected chi connectivity index (χ1v) is 5.70. The van der Waals surface area contributed by atoms with Crippen molar-refractivity contribution in [3.63, 3.8) is 0 Å². The lowest BCUT2D eigenvalue weighted by atomic mass is 10.1. The number of nitrogens with zero attached hydrogens (tertiary/aromatic N) is 1. The molecule has 0 amide bonds. The molecule has 2 nitrogen and oxygen atoms in total. The number of fused-ring (bicyclic) bond motifs is 1. The van der Waals surface area contributed by atoms with Crippen LogP contribution in [0.5, 0.6) is 0 Å². The van der Waals surface area contributed by atoms with Crippen LogP contribution in [0.2, 0.25) is 0 Å². The number of hydrogen-bond donors (Lipinski definition) is 1. The Morgan fingerprint density at radius 2 is 1.94 bits per heavy atom. The summed E-state index contributed by atoms with van der Waals surface area (Å²) in [4.78, 5) is 2.13. The van der Waals surface area contributed by atoms with Gasteiger partial charge in [0, 0.05) is 18.8 Å². The second-order valence-corrected chi connectivity index (χ2v) is 4.08. The summed E-state index contributed by atoms with van der Waals surface area (Å²) in [6, 6.07) is 14.8. The molecule has 1 aliphatic rings. The van der Waals surface area contributed by atoms with Gasteiger partial charge in [0.2, 0.25) is 0 Å². The van der Waals surface area contributed by atoms with Crippen molar-refractivity contribution in [3.05, 3.63) is 54.3 Å². The Hall–Kier alpha value is -2.03. The van der Waals surface area contributed by atoms with Crippen molar-refractivity contribution >= 4 is 17.1 Å². The van der Waals surface area contributed by atoms with Crippen molar-refractivity contribution < 1.29 is 4.39 Å². The van der Waals surface area contributed by atoms with Crippen LogP contribution in [-0.2, 0) is 0 Å².